The van der Waals surface area contributed by atoms with Crippen molar-refractivity contribution in [2.24, 2.45) is 0 Å². The molecular formula is C13H18N2O4. The predicted octanol–water partition coefficient (Wildman–Crippen LogP) is 0.738. The van der Waals surface area contributed by atoms with Crippen LogP contribution in [0.1, 0.15) is 0 Å². The highest BCUT2D eigenvalue weighted by atomic mass is 16.5. The van der Waals surface area contributed by atoms with Gasteiger partial charge in [-0.05, 0) is 19.2 Å². The number of rotatable bonds is 6. The first-order valence-electron chi connectivity index (χ1n) is 5.75. The minimum atomic E-state index is -0.382. The van der Waals surface area contributed by atoms with E-state index >= 15 is 0 Å². The number of amides is 1. The van der Waals surface area contributed by atoms with Crippen molar-refractivity contribution in [1.29, 1.82) is 0 Å². The molecule has 6 nitrogen and oxygen atoms in total. The van der Waals surface area contributed by atoms with Crippen LogP contribution in [-0.2, 0) is 14.3 Å². The van der Waals surface area contributed by atoms with Crippen LogP contribution >= 0.6 is 0 Å². The number of hydrogen-bond donors (Lipinski definition) is 1. The maximum Gasteiger partial charge on any atom is 0.319 e. The molecule has 6 heteroatoms. The van der Waals surface area contributed by atoms with Gasteiger partial charge in [0.2, 0.25) is 5.91 Å². The summed E-state index contributed by atoms with van der Waals surface area (Å²) in [6, 6.07) is 7.12. The molecule has 19 heavy (non-hydrogen) atoms. The second-order valence-electron chi connectivity index (χ2n) is 4.00. The standard InChI is InChI=1S/C13H18N2O4/c1-15(9-13(17)19-3)8-12(16)14-10-6-4-5-7-11(10)18-2/h4-7H,8-9H2,1-3H3,(H,14,16). The quantitative estimate of drug-likeness (QED) is 0.769. The third kappa shape index (κ3) is 4.97. The van der Waals surface area contributed by atoms with Crippen molar-refractivity contribution >= 4 is 17.6 Å². The van der Waals surface area contributed by atoms with E-state index in [0.717, 1.165) is 0 Å². The third-order valence-corrected chi connectivity index (χ3v) is 2.42. The van der Waals surface area contributed by atoms with Crippen LogP contribution in [-0.4, -0.2) is 51.1 Å². The molecule has 1 N–H and O–H groups in total. The summed E-state index contributed by atoms with van der Waals surface area (Å²) in [5, 5.41) is 2.73. The summed E-state index contributed by atoms with van der Waals surface area (Å²) in [7, 11) is 4.51. The van der Waals surface area contributed by atoms with Gasteiger partial charge >= 0.3 is 5.97 Å². The molecule has 0 heterocycles. The average molecular weight is 266 g/mol. The van der Waals surface area contributed by atoms with Gasteiger partial charge in [0.15, 0.2) is 0 Å². The van der Waals surface area contributed by atoms with Crippen LogP contribution in [0, 0.1) is 0 Å². The summed E-state index contributed by atoms with van der Waals surface area (Å²) in [6.45, 7) is 0.156. The molecule has 0 aromatic heterocycles. The van der Waals surface area contributed by atoms with Crippen molar-refractivity contribution in [2.75, 3.05) is 39.7 Å². The van der Waals surface area contributed by atoms with Crippen LogP contribution in [0.25, 0.3) is 0 Å². The highest BCUT2D eigenvalue weighted by molar-refractivity contribution is 5.93. The number of anilines is 1. The van der Waals surface area contributed by atoms with E-state index in [1.807, 2.05) is 6.07 Å². The molecule has 104 valence electrons. The average Bonchev–Trinajstić information content (AvgIpc) is 2.38. The molecule has 0 aliphatic heterocycles. The zero-order chi connectivity index (χ0) is 14.3. The summed E-state index contributed by atoms with van der Waals surface area (Å²) in [5.41, 5.74) is 0.599. The van der Waals surface area contributed by atoms with Gasteiger partial charge in [-0.1, -0.05) is 12.1 Å². The number of esters is 1. The van der Waals surface area contributed by atoms with Gasteiger partial charge < -0.3 is 14.8 Å². The van der Waals surface area contributed by atoms with Crippen LogP contribution in [0.15, 0.2) is 24.3 Å². The highest BCUT2D eigenvalue weighted by Crippen LogP contribution is 2.22. The molecule has 1 aromatic rings. The second kappa shape index (κ2) is 7.38. The van der Waals surface area contributed by atoms with E-state index in [1.54, 1.807) is 30.1 Å². The first-order valence-corrected chi connectivity index (χ1v) is 5.75. The van der Waals surface area contributed by atoms with Crippen molar-refractivity contribution in [1.82, 2.24) is 4.90 Å². The smallest absolute Gasteiger partial charge is 0.319 e. The molecule has 0 atom stereocenters. The SMILES string of the molecule is COC(=O)CN(C)CC(=O)Nc1ccccc1OC. The molecule has 0 spiro atoms. The number of para-hydroxylation sites is 2. The molecule has 0 aliphatic rings. The largest absolute Gasteiger partial charge is 0.495 e. The van der Waals surface area contributed by atoms with Crippen LogP contribution in [0.5, 0.6) is 5.75 Å². The van der Waals surface area contributed by atoms with Crippen LogP contribution < -0.4 is 10.1 Å². The lowest BCUT2D eigenvalue weighted by Gasteiger charge is -2.15. The Morgan fingerprint density at radius 2 is 1.89 bits per heavy atom. The number of ether oxygens (including phenoxy) is 2. The fourth-order valence-corrected chi connectivity index (χ4v) is 1.52. The number of likely N-dealkylation sites (N-methyl/N-ethyl adjacent to an activating group) is 1. The van der Waals surface area contributed by atoms with Crippen molar-refractivity contribution in [3.63, 3.8) is 0 Å². The maximum absolute atomic E-state index is 11.8. The summed E-state index contributed by atoms with van der Waals surface area (Å²) in [4.78, 5) is 24.4. The van der Waals surface area contributed by atoms with Gasteiger partial charge in [-0.3, -0.25) is 14.5 Å². The van der Waals surface area contributed by atoms with Gasteiger partial charge in [-0.25, -0.2) is 0 Å². The van der Waals surface area contributed by atoms with Crippen LogP contribution in [0.2, 0.25) is 0 Å². The number of carbonyl (C=O) groups excluding carboxylic acids is 2. The van der Waals surface area contributed by atoms with Crippen molar-refractivity contribution in [3.8, 4) is 5.75 Å². The Labute approximate surface area is 112 Å². The van der Waals surface area contributed by atoms with Crippen molar-refractivity contribution in [3.05, 3.63) is 24.3 Å². The molecule has 1 rings (SSSR count). The minimum absolute atomic E-state index is 0.0653. The number of benzene rings is 1. The van der Waals surface area contributed by atoms with Crippen molar-refractivity contribution in [2.45, 2.75) is 0 Å². The normalized spacial score (nSPS) is 10.1. The molecule has 0 aliphatic carbocycles. The lowest BCUT2D eigenvalue weighted by atomic mass is 10.3. The number of nitrogens with one attached hydrogen (secondary N) is 1. The van der Waals surface area contributed by atoms with E-state index in [4.69, 9.17) is 4.74 Å². The molecule has 0 unspecified atom stereocenters. The lowest BCUT2D eigenvalue weighted by Crippen LogP contribution is -2.34. The predicted molar refractivity (Wildman–Crippen MR) is 71.1 cm³/mol. The molecular weight excluding hydrogens is 248 g/mol. The van der Waals surface area contributed by atoms with Crippen LogP contribution in [0.4, 0.5) is 5.69 Å². The third-order valence-electron chi connectivity index (χ3n) is 2.42. The van der Waals surface area contributed by atoms with Crippen LogP contribution in [0.3, 0.4) is 0 Å². The Morgan fingerprint density at radius 1 is 1.21 bits per heavy atom. The Hall–Kier alpha value is -2.08. The maximum atomic E-state index is 11.8. The topological polar surface area (TPSA) is 67.9 Å². The number of hydrogen-bond acceptors (Lipinski definition) is 5. The lowest BCUT2D eigenvalue weighted by molar-refractivity contribution is -0.141. The molecule has 1 aromatic carbocycles. The van der Waals surface area contributed by atoms with E-state index in [0.29, 0.717) is 11.4 Å². The van der Waals surface area contributed by atoms with Gasteiger partial charge in [0, 0.05) is 0 Å². The van der Waals surface area contributed by atoms with Gasteiger partial charge in [0.1, 0.15) is 5.75 Å². The monoisotopic (exact) mass is 266 g/mol. The highest BCUT2D eigenvalue weighted by Gasteiger charge is 2.12. The molecule has 0 bridgehead atoms. The van der Waals surface area contributed by atoms with Gasteiger partial charge in [-0.2, -0.15) is 0 Å². The Bertz CT molecular complexity index is 448. The summed E-state index contributed by atoms with van der Waals surface area (Å²) in [6.07, 6.45) is 0. The first-order chi connectivity index (χ1) is 9.06. The van der Waals surface area contributed by atoms with E-state index in [9.17, 15) is 9.59 Å². The Balaban J connectivity index is 2.53. The zero-order valence-corrected chi connectivity index (χ0v) is 11.3. The van der Waals surface area contributed by atoms with Gasteiger partial charge in [0.05, 0.1) is 33.0 Å². The molecule has 1 amide bonds. The number of methoxy groups -OCH3 is 2. The Morgan fingerprint density at radius 3 is 2.53 bits per heavy atom. The van der Waals surface area contributed by atoms with E-state index in [1.165, 1.54) is 14.2 Å². The van der Waals surface area contributed by atoms with E-state index in [-0.39, 0.29) is 25.0 Å². The molecule has 0 saturated heterocycles. The zero-order valence-electron chi connectivity index (χ0n) is 11.3. The second-order valence-corrected chi connectivity index (χ2v) is 4.00. The fourth-order valence-electron chi connectivity index (χ4n) is 1.52. The number of carbonyl (C=O) groups is 2. The Kier molecular flexibility index (Phi) is 5.81. The van der Waals surface area contributed by atoms with Gasteiger partial charge in [0.25, 0.3) is 0 Å². The fraction of sp³-hybridized carbons (Fsp3) is 0.385. The van der Waals surface area contributed by atoms with Crippen molar-refractivity contribution < 1.29 is 19.1 Å². The van der Waals surface area contributed by atoms with Gasteiger partial charge in [-0.15, -0.1) is 0 Å². The van der Waals surface area contributed by atoms with E-state index < -0.39 is 0 Å². The molecule has 0 radical (unpaired) electrons. The first kappa shape index (κ1) is 15.0. The minimum Gasteiger partial charge on any atom is -0.495 e. The summed E-state index contributed by atoms with van der Waals surface area (Å²) in [5.74, 6) is -0.0186. The molecule has 0 saturated carbocycles. The summed E-state index contributed by atoms with van der Waals surface area (Å²) < 4.78 is 9.66. The molecule has 0 fully saturated rings. The number of nitrogens with zero attached hydrogens (tertiary/aromatic N) is 1. The summed E-state index contributed by atoms with van der Waals surface area (Å²) >= 11 is 0. The van der Waals surface area contributed by atoms with E-state index in [2.05, 4.69) is 10.1 Å².